The maximum absolute atomic E-state index is 9.07. The largest absolute Gasteiger partial charge is 0.481 e. The molecule has 21 heavy (non-hydrogen) atoms. The number of benzene rings is 1. The van der Waals surface area contributed by atoms with Crippen LogP contribution in [-0.2, 0) is 0 Å². The van der Waals surface area contributed by atoms with Crippen LogP contribution >= 0.6 is 0 Å². The third kappa shape index (κ3) is 2.05. The van der Waals surface area contributed by atoms with Gasteiger partial charge in [-0.15, -0.1) is 0 Å². The first kappa shape index (κ1) is 12.9. The van der Waals surface area contributed by atoms with E-state index in [-0.39, 0.29) is 0 Å². The van der Waals surface area contributed by atoms with E-state index in [4.69, 9.17) is 15.7 Å². The molecule has 2 N–H and O–H groups in total. The first-order chi connectivity index (χ1) is 10.1. The minimum atomic E-state index is 0.323. The van der Waals surface area contributed by atoms with E-state index in [2.05, 4.69) is 16.0 Å². The van der Waals surface area contributed by atoms with E-state index in [0.717, 1.165) is 11.3 Å². The SMILES string of the molecule is COc1ccc2nc(N)n(-c3cc(C#N)ccc3C)c2n1. The molecule has 3 aromatic rings. The highest BCUT2D eigenvalue weighted by Gasteiger charge is 2.14. The van der Waals surface area contributed by atoms with Crippen molar-refractivity contribution < 1.29 is 4.74 Å². The predicted octanol–water partition coefficient (Wildman–Crippen LogP) is 2.19. The summed E-state index contributed by atoms with van der Waals surface area (Å²) >= 11 is 0. The Kier molecular flexibility index (Phi) is 2.95. The van der Waals surface area contributed by atoms with Crippen molar-refractivity contribution in [3.8, 4) is 17.6 Å². The molecule has 0 bridgehead atoms. The smallest absolute Gasteiger partial charge is 0.215 e. The highest BCUT2D eigenvalue weighted by Crippen LogP contribution is 2.26. The Morgan fingerprint density at radius 1 is 1.24 bits per heavy atom. The summed E-state index contributed by atoms with van der Waals surface area (Å²) in [7, 11) is 1.56. The Bertz CT molecular complexity index is 876. The quantitative estimate of drug-likeness (QED) is 0.776. The molecule has 2 heterocycles. The molecule has 0 saturated heterocycles. The zero-order valence-electron chi connectivity index (χ0n) is 11.7. The number of rotatable bonds is 2. The van der Waals surface area contributed by atoms with Crippen molar-refractivity contribution in [1.82, 2.24) is 14.5 Å². The van der Waals surface area contributed by atoms with Gasteiger partial charge in [0.05, 0.1) is 24.4 Å². The Labute approximate surface area is 121 Å². The lowest BCUT2D eigenvalue weighted by Crippen LogP contribution is -2.04. The van der Waals surface area contributed by atoms with Gasteiger partial charge in [-0.3, -0.25) is 4.57 Å². The first-order valence-corrected chi connectivity index (χ1v) is 6.34. The van der Waals surface area contributed by atoms with Crippen LogP contribution in [0.5, 0.6) is 5.88 Å². The van der Waals surface area contributed by atoms with Crippen LogP contribution in [0.1, 0.15) is 11.1 Å². The average Bonchev–Trinajstić information content (AvgIpc) is 2.82. The number of ether oxygens (including phenoxy) is 1. The van der Waals surface area contributed by atoms with Gasteiger partial charge in [-0.1, -0.05) is 6.07 Å². The third-order valence-electron chi connectivity index (χ3n) is 3.29. The molecule has 0 saturated carbocycles. The number of nitrogen functional groups attached to an aromatic ring is 1. The van der Waals surface area contributed by atoms with E-state index in [1.807, 2.05) is 13.0 Å². The summed E-state index contributed by atoms with van der Waals surface area (Å²) in [6, 6.07) is 11.1. The van der Waals surface area contributed by atoms with Crippen molar-refractivity contribution in [3.63, 3.8) is 0 Å². The summed E-state index contributed by atoms with van der Waals surface area (Å²) in [6.07, 6.45) is 0. The van der Waals surface area contributed by atoms with Gasteiger partial charge in [0, 0.05) is 6.07 Å². The summed E-state index contributed by atoms with van der Waals surface area (Å²) in [5, 5.41) is 9.07. The van der Waals surface area contributed by atoms with E-state index in [0.29, 0.717) is 28.6 Å². The van der Waals surface area contributed by atoms with E-state index in [9.17, 15) is 0 Å². The van der Waals surface area contributed by atoms with Crippen LogP contribution in [0.25, 0.3) is 16.9 Å². The zero-order valence-corrected chi connectivity index (χ0v) is 11.7. The number of nitrogens with two attached hydrogens (primary N) is 1. The van der Waals surface area contributed by atoms with E-state index < -0.39 is 0 Å². The minimum Gasteiger partial charge on any atom is -0.481 e. The van der Waals surface area contributed by atoms with Crippen LogP contribution in [0.3, 0.4) is 0 Å². The standard InChI is InChI=1S/C15H13N5O/c1-9-3-4-10(8-16)7-12(9)20-14-11(18-15(20)17)5-6-13(19-14)21-2/h3-7H,1-2H3,(H2,17,18). The molecular formula is C15H13N5O. The number of nitrogens with zero attached hydrogens (tertiary/aromatic N) is 4. The van der Waals surface area contributed by atoms with Gasteiger partial charge in [-0.2, -0.15) is 10.2 Å². The number of pyridine rings is 1. The normalized spacial score (nSPS) is 10.5. The van der Waals surface area contributed by atoms with Gasteiger partial charge in [0.2, 0.25) is 11.8 Å². The van der Waals surface area contributed by atoms with Gasteiger partial charge in [-0.05, 0) is 30.7 Å². The van der Waals surface area contributed by atoms with Crippen LogP contribution in [0.4, 0.5) is 5.95 Å². The lowest BCUT2D eigenvalue weighted by atomic mass is 10.1. The molecule has 0 spiro atoms. The Morgan fingerprint density at radius 3 is 2.76 bits per heavy atom. The van der Waals surface area contributed by atoms with Gasteiger partial charge in [0.1, 0.15) is 5.52 Å². The van der Waals surface area contributed by atoms with Crippen molar-refractivity contribution in [2.45, 2.75) is 6.92 Å². The van der Waals surface area contributed by atoms with E-state index in [1.54, 1.807) is 35.9 Å². The molecule has 104 valence electrons. The molecule has 0 amide bonds. The molecule has 1 aromatic carbocycles. The summed E-state index contributed by atoms with van der Waals surface area (Å²) in [5.74, 6) is 0.807. The third-order valence-corrected chi connectivity index (χ3v) is 3.29. The number of hydrogen-bond donors (Lipinski definition) is 1. The number of imidazole rings is 1. The summed E-state index contributed by atoms with van der Waals surface area (Å²) in [4.78, 5) is 8.70. The fourth-order valence-corrected chi connectivity index (χ4v) is 2.23. The van der Waals surface area contributed by atoms with Crippen molar-refractivity contribution in [3.05, 3.63) is 41.5 Å². The topological polar surface area (TPSA) is 89.8 Å². The van der Waals surface area contributed by atoms with Crippen LogP contribution in [0.15, 0.2) is 30.3 Å². The van der Waals surface area contributed by atoms with Crippen LogP contribution in [0.2, 0.25) is 0 Å². The molecule has 0 radical (unpaired) electrons. The predicted molar refractivity (Wildman–Crippen MR) is 79.3 cm³/mol. The second-order valence-electron chi connectivity index (χ2n) is 4.61. The number of methoxy groups -OCH3 is 1. The summed E-state index contributed by atoms with van der Waals surface area (Å²) < 4.78 is 6.88. The zero-order chi connectivity index (χ0) is 15.0. The van der Waals surface area contributed by atoms with E-state index in [1.165, 1.54) is 0 Å². The highest BCUT2D eigenvalue weighted by molar-refractivity contribution is 5.78. The summed E-state index contributed by atoms with van der Waals surface area (Å²) in [5.41, 5.74) is 9.62. The fourth-order valence-electron chi connectivity index (χ4n) is 2.23. The number of fused-ring (bicyclic) bond motifs is 1. The van der Waals surface area contributed by atoms with Crippen LogP contribution in [0, 0.1) is 18.3 Å². The van der Waals surface area contributed by atoms with Crippen molar-refractivity contribution >= 4 is 17.1 Å². The van der Waals surface area contributed by atoms with Gasteiger partial charge in [-0.25, -0.2) is 4.98 Å². The van der Waals surface area contributed by atoms with Gasteiger partial charge in [0.15, 0.2) is 5.65 Å². The molecule has 6 nitrogen and oxygen atoms in total. The molecule has 0 aliphatic heterocycles. The first-order valence-electron chi connectivity index (χ1n) is 6.34. The maximum Gasteiger partial charge on any atom is 0.215 e. The molecule has 3 rings (SSSR count). The van der Waals surface area contributed by atoms with Crippen LogP contribution in [-0.4, -0.2) is 21.6 Å². The van der Waals surface area contributed by atoms with Crippen LogP contribution < -0.4 is 10.5 Å². The molecule has 2 aromatic heterocycles. The second kappa shape index (κ2) is 4.80. The molecule has 0 unspecified atom stereocenters. The van der Waals surface area contributed by atoms with Crippen molar-refractivity contribution in [1.29, 1.82) is 5.26 Å². The molecule has 0 aliphatic rings. The molecule has 0 fully saturated rings. The van der Waals surface area contributed by atoms with Crippen molar-refractivity contribution in [2.24, 2.45) is 0 Å². The fraction of sp³-hybridized carbons (Fsp3) is 0.133. The maximum atomic E-state index is 9.07. The lowest BCUT2D eigenvalue weighted by molar-refractivity contribution is 0.399. The Morgan fingerprint density at radius 2 is 2.05 bits per heavy atom. The average molecular weight is 279 g/mol. The van der Waals surface area contributed by atoms with Gasteiger partial charge in [0.25, 0.3) is 0 Å². The van der Waals surface area contributed by atoms with Crippen molar-refractivity contribution in [2.75, 3.05) is 12.8 Å². The molecule has 0 aliphatic carbocycles. The Balaban J connectivity index is 2.34. The summed E-state index contributed by atoms with van der Waals surface area (Å²) in [6.45, 7) is 1.95. The number of aryl methyl sites for hydroxylation is 1. The number of hydrogen-bond acceptors (Lipinski definition) is 5. The number of nitriles is 1. The number of anilines is 1. The lowest BCUT2D eigenvalue weighted by Gasteiger charge is -2.10. The minimum absolute atomic E-state index is 0.323. The second-order valence-corrected chi connectivity index (χ2v) is 4.61. The Hall–Kier alpha value is -3.07. The van der Waals surface area contributed by atoms with Gasteiger partial charge < -0.3 is 10.5 Å². The van der Waals surface area contributed by atoms with Gasteiger partial charge >= 0.3 is 0 Å². The molecule has 0 atom stereocenters. The molecule has 6 heteroatoms. The monoisotopic (exact) mass is 279 g/mol. The highest BCUT2D eigenvalue weighted by atomic mass is 16.5. The van der Waals surface area contributed by atoms with E-state index >= 15 is 0 Å². The molecular weight excluding hydrogens is 266 g/mol. The number of aromatic nitrogens is 3.